The molecule has 0 bridgehead atoms. The maximum atomic E-state index is 12.7. The van der Waals surface area contributed by atoms with E-state index in [0.29, 0.717) is 12.6 Å². The Kier molecular flexibility index (Phi) is 8.69. The first kappa shape index (κ1) is 22.6. The van der Waals surface area contributed by atoms with E-state index in [2.05, 4.69) is 31.7 Å². The van der Waals surface area contributed by atoms with Crippen LogP contribution in [0.2, 0.25) is 0 Å². The molecule has 0 radical (unpaired) electrons. The summed E-state index contributed by atoms with van der Waals surface area (Å²) in [5.41, 5.74) is 1.14. The molecule has 1 unspecified atom stereocenters. The molecule has 2 N–H and O–H groups in total. The minimum Gasteiger partial charge on any atom is -0.314 e. The van der Waals surface area contributed by atoms with Crippen molar-refractivity contribution in [1.29, 1.82) is 0 Å². The topological polar surface area (TPSA) is 75.1 Å². The Labute approximate surface area is 178 Å². The normalized spacial score (nSPS) is 20.2. The number of rotatable bonds is 5. The molecule has 0 aromatic carbocycles. The summed E-state index contributed by atoms with van der Waals surface area (Å²) in [5.74, 6) is 0.829. The second kappa shape index (κ2) is 10.8. The molecular weight excluding hydrogens is 399 g/mol. The van der Waals surface area contributed by atoms with E-state index in [4.69, 9.17) is 0 Å². The van der Waals surface area contributed by atoms with E-state index in [1.165, 1.54) is 12.8 Å². The molecule has 2 aliphatic rings. The molecule has 7 nitrogen and oxygen atoms in total. The largest absolute Gasteiger partial charge is 0.314 e. The lowest BCUT2D eigenvalue weighted by Crippen LogP contribution is -2.48. The highest BCUT2D eigenvalue weighted by atomic mass is 35.5. The minimum atomic E-state index is 0. The zero-order valence-electron chi connectivity index (χ0n) is 15.8. The predicted molar refractivity (Wildman–Crippen MR) is 114 cm³/mol. The van der Waals surface area contributed by atoms with Gasteiger partial charge in [0.15, 0.2) is 0 Å². The average molecular weight is 427 g/mol. The van der Waals surface area contributed by atoms with E-state index in [-0.39, 0.29) is 36.8 Å². The van der Waals surface area contributed by atoms with Gasteiger partial charge in [0.25, 0.3) is 0 Å². The van der Waals surface area contributed by atoms with Gasteiger partial charge in [-0.25, -0.2) is 4.68 Å². The van der Waals surface area contributed by atoms with Crippen molar-refractivity contribution in [2.45, 2.75) is 37.8 Å². The molecule has 2 fully saturated rings. The Morgan fingerprint density at radius 3 is 2.79 bits per heavy atom. The van der Waals surface area contributed by atoms with Crippen LogP contribution in [0.4, 0.5) is 5.82 Å². The van der Waals surface area contributed by atoms with Gasteiger partial charge in [0, 0.05) is 44.1 Å². The number of carbonyl (C=O) groups is 1. The number of carbonyl (C=O) groups excluding carboxylic acids is 1. The molecule has 0 spiro atoms. The van der Waals surface area contributed by atoms with E-state index in [1.54, 1.807) is 12.4 Å². The third-order valence-electron chi connectivity index (χ3n) is 5.38. The summed E-state index contributed by atoms with van der Waals surface area (Å²) in [6.07, 6.45) is 10.2. The van der Waals surface area contributed by atoms with Crippen LogP contribution < -0.4 is 10.6 Å². The zero-order chi connectivity index (χ0) is 17.8. The fourth-order valence-corrected chi connectivity index (χ4v) is 4.06. The quantitative estimate of drug-likeness (QED) is 0.768. The van der Waals surface area contributed by atoms with Gasteiger partial charge in [-0.2, -0.15) is 5.10 Å². The Hall–Kier alpha value is -1.67. The molecule has 1 saturated carbocycles. The molecule has 1 aliphatic carbocycles. The van der Waals surface area contributed by atoms with Crippen LogP contribution in [0.25, 0.3) is 0 Å². The number of nitrogens with one attached hydrogen (secondary N) is 2. The molecule has 28 heavy (non-hydrogen) atoms. The number of piperazine rings is 1. The van der Waals surface area contributed by atoms with Crippen LogP contribution in [0, 0.1) is 0 Å². The van der Waals surface area contributed by atoms with Gasteiger partial charge < -0.3 is 10.6 Å². The standard InChI is InChI=1S/C19H26N6O.2ClH/c26-19(23-18-7-9-22-25(18)16-5-1-2-6-16)14-24-11-10-21-13-17(24)15-4-3-8-20-12-15;;/h3-4,7-9,12,16-17,21H,1-2,5-6,10-11,13-14H2,(H,23,26);2*1H. The van der Waals surface area contributed by atoms with E-state index in [9.17, 15) is 4.79 Å². The SMILES string of the molecule is Cl.Cl.O=C(CN1CCNCC1c1cccnc1)Nc1ccnn1C1CCCC1. The van der Waals surface area contributed by atoms with Crippen molar-refractivity contribution < 1.29 is 4.79 Å². The lowest BCUT2D eigenvalue weighted by atomic mass is 10.1. The molecule has 1 atom stereocenters. The highest BCUT2D eigenvalue weighted by Gasteiger charge is 2.26. The van der Waals surface area contributed by atoms with Crippen molar-refractivity contribution in [2.75, 3.05) is 31.5 Å². The minimum absolute atomic E-state index is 0. The van der Waals surface area contributed by atoms with Crippen LogP contribution in [0.15, 0.2) is 36.8 Å². The number of anilines is 1. The Bertz CT molecular complexity index is 735. The van der Waals surface area contributed by atoms with Crippen LogP contribution in [-0.4, -0.2) is 51.8 Å². The van der Waals surface area contributed by atoms with Gasteiger partial charge in [-0.3, -0.25) is 14.7 Å². The molecule has 2 aromatic rings. The predicted octanol–water partition coefficient (Wildman–Crippen LogP) is 2.82. The van der Waals surface area contributed by atoms with Gasteiger partial charge in [-0.1, -0.05) is 18.9 Å². The number of halogens is 2. The maximum Gasteiger partial charge on any atom is 0.239 e. The monoisotopic (exact) mass is 426 g/mol. The van der Waals surface area contributed by atoms with E-state index < -0.39 is 0 Å². The number of hydrogen-bond acceptors (Lipinski definition) is 5. The fraction of sp³-hybridized carbons (Fsp3) is 0.526. The van der Waals surface area contributed by atoms with Crippen molar-refractivity contribution in [3.8, 4) is 0 Å². The van der Waals surface area contributed by atoms with E-state index >= 15 is 0 Å². The van der Waals surface area contributed by atoms with E-state index in [0.717, 1.165) is 43.9 Å². The van der Waals surface area contributed by atoms with Gasteiger partial charge in [0.2, 0.25) is 5.91 Å². The Balaban J connectivity index is 0.00000140. The lowest BCUT2D eigenvalue weighted by Gasteiger charge is -2.35. The first-order chi connectivity index (χ1) is 12.8. The van der Waals surface area contributed by atoms with E-state index in [1.807, 2.05) is 23.0 Å². The molecule has 9 heteroatoms. The second-order valence-corrected chi connectivity index (χ2v) is 7.12. The summed E-state index contributed by atoms with van der Waals surface area (Å²) in [6.45, 7) is 2.94. The third-order valence-corrected chi connectivity index (χ3v) is 5.38. The van der Waals surface area contributed by atoms with Gasteiger partial charge >= 0.3 is 0 Å². The summed E-state index contributed by atoms with van der Waals surface area (Å²) in [7, 11) is 0. The van der Waals surface area contributed by atoms with Crippen molar-refractivity contribution in [1.82, 2.24) is 25.0 Å². The average Bonchev–Trinajstić information content (AvgIpc) is 3.34. The summed E-state index contributed by atoms with van der Waals surface area (Å²) in [4.78, 5) is 19.1. The lowest BCUT2D eigenvalue weighted by molar-refractivity contribution is -0.118. The second-order valence-electron chi connectivity index (χ2n) is 7.12. The molecule has 4 rings (SSSR count). The van der Waals surface area contributed by atoms with Crippen molar-refractivity contribution in [2.24, 2.45) is 0 Å². The molecule has 1 amide bonds. The Morgan fingerprint density at radius 2 is 2.04 bits per heavy atom. The highest BCUT2D eigenvalue weighted by molar-refractivity contribution is 5.91. The van der Waals surface area contributed by atoms with Crippen LogP contribution in [0.1, 0.15) is 43.3 Å². The molecular formula is C19H28Cl2N6O. The molecule has 3 heterocycles. The molecule has 2 aromatic heterocycles. The number of hydrogen-bond donors (Lipinski definition) is 2. The Morgan fingerprint density at radius 1 is 1.21 bits per heavy atom. The molecule has 1 saturated heterocycles. The van der Waals surface area contributed by atoms with Crippen molar-refractivity contribution in [3.05, 3.63) is 42.4 Å². The number of amides is 1. The summed E-state index contributed by atoms with van der Waals surface area (Å²) < 4.78 is 1.99. The van der Waals surface area contributed by atoms with Crippen molar-refractivity contribution >= 4 is 36.5 Å². The number of aromatic nitrogens is 3. The van der Waals surface area contributed by atoms with Crippen LogP contribution in [0.3, 0.4) is 0 Å². The van der Waals surface area contributed by atoms with Crippen LogP contribution in [0.5, 0.6) is 0 Å². The first-order valence-corrected chi connectivity index (χ1v) is 9.49. The zero-order valence-corrected chi connectivity index (χ0v) is 17.4. The van der Waals surface area contributed by atoms with Crippen LogP contribution >= 0.6 is 24.8 Å². The molecule has 1 aliphatic heterocycles. The molecule has 154 valence electrons. The van der Waals surface area contributed by atoms with Gasteiger partial charge in [-0.15, -0.1) is 24.8 Å². The number of nitrogens with zero attached hydrogens (tertiary/aromatic N) is 4. The number of pyridine rings is 1. The smallest absolute Gasteiger partial charge is 0.239 e. The van der Waals surface area contributed by atoms with Gasteiger partial charge in [0.1, 0.15) is 5.82 Å². The highest BCUT2D eigenvalue weighted by Crippen LogP contribution is 2.31. The van der Waals surface area contributed by atoms with Gasteiger partial charge in [-0.05, 0) is 24.5 Å². The summed E-state index contributed by atoms with van der Waals surface area (Å²) >= 11 is 0. The maximum absolute atomic E-state index is 12.7. The first-order valence-electron chi connectivity index (χ1n) is 9.49. The van der Waals surface area contributed by atoms with Crippen LogP contribution in [-0.2, 0) is 4.79 Å². The summed E-state index contributed by atoms with van der Waals surface area (Å²) in [5, 5.41) is 10.9. The third kappa shape index (κ3) is 5.23. The van der Waals surface area contributed by atoms with Gasteiger partial charge in [0.05, 0.1) is 18.8 Å². The fourth-order valence-electron chi connectivity index (χ4n) is 4.06. The summed E-state index contributed by atoms with van der Waals surface area (Å²) in [6, 6.07) is 6.50. The van der Waals surface area contributed by atoms with Crippen molar-refractivity contribution in [3.63, 3.8) is 0 Å².